The molecule has 2 rings (SSSR count). The Hall–Kier alpha value is -1.43. The van der Waals surface area contributed by atoms with E-state index >= 15 is 0 Å². The van der Waals surface area contributed by atoms with E-state index in [9.17, 15) is 4.79 Å². The Kier molecular flexibility index (Phi) is 6.99. The summed E-state index contributed by atoms with van der Waals surface area (Å²) in [6, 6.07) is 7.11. The molecule has 25 heavy (non-hydrogen) atoms. The van der Waals surface area contributed by atoms with Gasteiger partial charge in [-0.2, -0.15) is 0 Å². The van der Waals surface area contributed by atoms with Gasteiger partial charge in [-0.1, -0.05) is 48.7 Å². The number of esters is 1. The van der Waals surface area contributed by atoms with Gasteiger partial charge in [-0.05, 0) is 24.3 Å². The molecule has 0 aliphatic heterocycles. The van der Waals surface area contributed by atoms with Gasteiger partial charge in [-0.25, -0.2) is 9.78 Å². The van der Waals surface area contributed by atoms with E-state index in [1.54, 1.807) is 36.8 Å². The molecule has 0 amide bonds. The monoisotopic (exact) mass is 404 g/mol. The molecule has 136 valence electrons. The number of carbonyl (C=O) groups excluding carboxylic acids is 1. The zero-order valence-corrected chi connectivity index (χ0v) is 16.1. The van der Waals surface area contributed by atoms with Gasteiger partial charge in [-0.15, -0.1) is 0 Å². The standard InChI is InChI=1S/C17H19Cl3N2O3/c1-17(2,10-24-16(23)15(19)20)9-14(22-8-7-21-11-22)25-13-5-3-12(18)4-6-13/h3-8,11,14-15H,9-10H2,1-2H3. The second-order valence-corrected chi connectivity index (χ2v) is 7.85. The third kappa shape index (κ3) is 6.42. The quantitative estimate of drug-likeness (QED) is 0.464. The number of benzene rings is 1. The Morgan fingerprint density at radius 1 is 1.28 bits per heavy atom. The minimum Gasteiger partial charge on any atom is -0.470 e. The maximum Gasteiger partial charge on any atom is 0.339 e. The molecule has 1 heterocycles. The number of ether oxygens (including phenoxy) is 2. The first-order valence-electron chi connectivity index (χ1n) is 7.61. The molecule has 0 fully saturated rings. The average Bonchev–Trinajstić information content (AvgIpc) is 3.08. The minimum absolute atomic E-state index is 0.164. The van der Waals surface area contributed by atoms with E-state index in [2.05, 4.69) is 4.98 Å². The Morgan fingerprint density at radius 3 is 2.52 bits per heavy atom. The van der Waals surface area contributed by atoms with Gasteiger partial charge in [0.1, 0.15) is 5.75 Å². The van der Waals surface area contributed by atoms with Crippen molar-refractivity contribution in [2.45, 2.75) is 31.3 Å². The molecule has 0 radical (unpaired) electrons. The van der Waals surface area contributed by atoms with Crippen molar-refractivity contribution in [1.29, 1.82) is 0 Å². The smallest absolute Gasteiger partial charge is 0.339 e. The Bertz CT molecular complexity index is 673. The van der Waals surface area contributed by atoms with Crippen molar-refractivity contribution in [1.82, 2.24) is 9.55 Å². The average molecular weight is 406 g/mol. The molecule has 1 atom stereocenters. The van der Waals surface area contributed by atoms with Crippen LogP contribution in [0.2, 0.25) is 5.02 Å². The summed E-state index contributed by atoms with van der Waals surface area (Å²) in [7, 11) is 0. The summed E-state index contributed by atoms with van der Waals surface area (Å²) in [5, 5.41) is 0.635. The number of aromatic nitrogens is 2. The maximum absolute atomic E-state index is 11.5. The van der Waals surface area contributed by atoms with Gasteiger partial charge in [0.25, 0.3) is 0 Å². The lowest BCUT2D eigenvalue weighted by Crippen LogP contribution is -2.29. The number of hydrogen-bond donors (Lipinski definition) is 0. The first-order valence-corrected chi connectivity index (χ1v) is 8.86. The fraction of sp³-hybridized carbons (Fsp3) is 0.412. The third-order valence-corrected chi connectivity index (χ3v) is 4.06. The van der Waals surface area contributed by atoms with Crippen LogP contribution in [-0.2, 0) is 9.53 Å². The van der Waals surface area contributed by atoms with E-state index in [1.165, 1.54) is 0 Å². The van der Waals surface area contributed by atoms with Gasteiger partial charge in [0.05, 0.1) is 12.9 Å². The van der Waals surface area contributed by atoms with Crippen molar-refractivity contribution in [3.05, 3.63) is 48.0 Å². The van der Waals surface area contributed by atoms with Gasteiger partial charge >= 0.3 is 5.97 Å². The molecule has 8 heteroatoms. The van der Waals surface area contributed by atoms with Crippen LogP contribution < -0.4 is 4.74 Å². The van der Waals surface area contributed by atoms with Crippen molar-refractivity contribution >= 4 is 40.8 Å². The number of alkyl halides is 2. The summed E-state index contributed by atoms with van der Waals surface area (Å²) in [5.74, 6) is 0.0201. The number of nitrogens with zero attached hydrogens (tertiary/aromatic N) is 2. The zero-order chi connectivity index (χ0) is 18.4. The van der Waals surface area contributed by atoms with Crippen molar-refractivity contribution in [3.63, 3.8) is 0 Å². The fourth-order valence-corrected chi connectivity index (χ4v) is 2.43. The number of imidazole rings is 1. The van der Waals surface area contributed by atoms with E-state index in [1.807, 2.05) is 24.6 Å². The molecule has 1 unspecified atom stereocenters. The summed E-state index contributed by atoms with van der Waals surface area (Å²) >= 11 is 16.9. The van der Waals surface area contributed by atoms with Crippen LogP contribution in [0.3, 0.4) is 0 Å². The molecule has 0 N–H and O–H groups in total. The summed E-state index contributed by atoms with van der Waals surface area (Å²) < 4.78 is 13.1. The van der Waals surface area contributed by atoms with Crippen LogP contribution in [0.15, 0.2) is 43.0 Å². The van der Waals surface area contributed by atoms with Crippen molar-refractivity contribution in [2.75, 3.05) is 6.61 Å². The van der Waals surface area contributed by atoms with E-state index in [4.69, 9.17) is 44.3 Å². The third-order valence-electron chi connectivity index (χ3n) is 3.45. The molecule has 0 spiro atoms. The summed E-state index contributed by atoms with van der Waals surface area (Å²) in [6.45, 7) is 4.09. The molecule has 0 aliphatic carbocycles. The van der Waals surface area contributed by atoms with Gasteiger partial charge in [0.2, 0.25) is 4.84 Å². The molecule has 1 aromatic carbocycles. The molecule has 1 aromatic heterocycles. The van der Waals surface area contributed by atoms with Crippen molar-refractivity contribution in [2.24, 2.45) is 5.41 Å². The molecule has 0 saturated heterocycles. The Labute approximate surface area is 161 Å². The molecular formula is C17H19Cl3N2O3. The van der Waals surface area contributed by atoms with E-state index in [0.29, 0.717) is 17.2 Å². The van der Waals surface area contributed by atoms with Crippen LogP contribution in [0.25, 0.3) is 0 Å². The Balaban J connectivity index is 2.07. The molecule has 0 saturated carbocycles. The molecular weight excluding hydrogens is 387 g/mol. The van der Waals surface area contributed by atoms with Crippen LogP contribution >= 0.6 is 34.8 Å². The molecule has 0 bridgehead atoms. The van der Waals surface area contributed by atoms with Crippen LogP contribution in [0.5, 0.6) is 5.75 Å². The van der Waals surface area contributed by atoms with E-state index in [0.717, 1.165) is 0 Å². The highest BCUT2D eigenvalue weighted by atomic mass is 35.5. The summed E-state index contributed by atoms with van der Waals surface area (Å²) in [5.41, 5.74) is -0.375. The highest BCUT2D eigenvalue weighted by Crippen LogP contribution is 2.31. The molecule has 0 aliphatic rings. The highest BCUT2D eigenvalue weighted by Gasteiger charge is 2.28. The SMILES string of the molecule is CC(C)(COC(=O)C(Cl)Cl)CC(Oc1ccc(Cl)cc1)n1ccnc1. The van der Waals surface area contributed by atoms with Crippen LogP contribution in [0.4, 0.5) is 0 Å². The Morgan fingerprint density at radius 2 is 1.96 bits per heavy atom. The minimum atomic E-state index is -1.19. The lowest BCUT2D eigenvalue weighted by Gasteiger charge is -2.30. The first kappa shape index (κ1) is 19.9. The number of carbonyl (C=O) groups is 1. The lowest BCUT2D eigenvalue weighted by molar-refractivity contribution is -0.145. The summed E-state index contributed by atoms with van der Waals surface area (Å²) in [4.78, 5) is 14.4. The maximum atomic E-state index is 11.5. The van der Waals surface area contributed by atoms with Crippen LogP contribution in [0.1, 0.15) is 26.5 Å². The molecule has 2 aromatic rings. The lowest BCUT2D eigenvalue weighted by atomic mass is 9.89. The van der Waals surface area contributed by atoms with Gasteiger partial charge < -0.3 is 14.0 Å². The fourth-order valence-electron chi connectivity index (χ4n) is 2.18. The second-order valence-electron chi connectivity index (χ2n) is 6.31. The van der Waals surface area contributed by atoms with E-state index < -0.39 is 10.8 Å². The van der Waals surface area contributed by atoms with Crippen LogP contribution in [-0.4, -0.2) is 27.0 Å². The van der Waals surface area contributed by atoms with Crippen LogP contribution in [0, 0.1) is 5.41 Å². The van der Waals surface area contributed by atoms with Gasteiger partial charge in [-0.3, -0.25) is 0 Å². The second kappa shape index (κ2) is 8.79. The number of rotatable bonds is 8. The highest BCUT2D eigenvalue weighted by molar-refractivity contribution is 6.52. The largest absolute Gasteiger partial charge is 0.470 e. The predicted octanol–water partition coefficient (Wildman–Crippen LogP) is 4.88. The predicted molar refractivity (Wildman–Crippen MR) is 98.2 cm³/mol. The number of hydrogen-bond acceptors (Lipinski definition) is 4. The first-order chi connectivity index (χ1) is 11.8. The van der Waals surface area contributed by atoms with Gasteiger partial charge in [0, 0.05) is 29.3 Å². The topological polar surface area (TPSA) is 53.4 Å². The summed E-state index contributed by atoms with van der Waals surface area (Å²) in [6.07, 6.45) is 5.40. The van der Waals surface area contributed by atoms with E-state index in [-0.39, 0.29) is 18.2 Å². The zero-order valence-electron chi connectivity index (χ0n) is 13.9. The number of halogens is 3. The normalized spacial score (nSPS) is 12.9. The van der Waals surface area contributed by atoms with Gasteiger partial charge in [0.15, 0.2) is 6.23 Å². The molecule has 5 nitrogen and oxygen atoms in total. The van der Waals surface area contributed by atoms with Crippen molar-refractivity contribution < 1.29 is 14.3 Å². The van der Waals surface area contributed by atoms with Crippen molar-refractivity contribution in [3.8, 4) is 5.75 Å².